The molecule has 6 nitrogen and oxygen atoms in total. The third kappa shape index (κ3) is 8.48. The van der Waals surface area contributed by atoms with Crippen molar-refractivity contribution in [2.75, 3.05) is 46.4 Å². The van der Waals surface area contributed by atoms with Crippen molar-refractivity contribution in [2.45, 2.75) is 32.9 Å². The molecule has 0 radical (unpaired) electrons. The van der Waals surface area contributed by atoms with E-state index >= 15 is 0 Å². The molecule has 160 valence electrons. The first kappa shape index (κ1) is 24.9. The third-order valence-electron chi connectivity index (χ3n) is 4.68. The molecule has 0 saturated carbocycles. The lowest BCUT2D eigenvalue weighted by atomic mass is 10.0. The van der Waals surface area contributed by atoms with Gasteiger partial charge < -0.3 is 20.1 Å². The SMILES string of the molecule is CN=C(NCC(C)Oc1cccc(F)c1)NCC(C(C)C)N1CCOCC1.I. The first-order valence-corrected chi connectivity index (χ1v) is 9.68. The second kappa shape index (κ2) is 13.2. The maximum atomic E-state index is 13.2. The molecule has 1 aliphatic heterocycles. The van der Waals surface area contributed by atoms with Crippen molar-refractivity contribution in [1.29, 1.82) is 0 Å². The lowest BCUT2D eigenvalue weighted by Gasteiger charge is -2.37. The van der Waals surface area contributed by atoms with Gasteiger partial charge in [-0.1, -0.05) is 19.9 Å². The van der Waals surface area contributed by atoms with Gasteiger partial charge in [0.15, 0.2) is 5.96 Å². The zero-order chi connectivity index (χ0) is 19.6. The molecule has 28 heavy (non-hydrogen) atoms. The van der Waals surface area contributed by atoms with Crippen LogP contribution < -0.4 is 15.4 Å². The number of morpholine rings is 1. The molecule has 0 aromatic heterocycles. The summed E-state index contributed by atoms with van der Waals surface area (Å²) in [5.74, 6) is 1.50. The van der Waals surface area contributed by atoms with Crippen LogP contribution in [0.4, 0.5) is 4.39 Å². The summed E-state index contributed by atoms with van der Waals surface area (Å²) in [4.78, 5) is 6.77. The van der Waals surface area contributed by atoms with Gasteiger partial charge >= 0.3 is 0 Å². The molecule has 2 N–H and O–H groups in total. The van der Waals surface area contributed by atoms with E-state index in [0.717, 1.165) is 38.8 Å². The Morgan fingerprint density at radius 1 is 1.21 bits per heavy atom. The highest BCUT2D eigenvalue weighted by molar-refractivity contribution is 14.0. The molecule has 2 atom stereocenters. The van der Waals surface area contributed by atoms with Gasteiger partial charge in [0.25, 0.3) is 0 Å². The highest BCUT2D eigenvalue weighted by atomic mass is 127. The van der Waals surface area contributed by atoms with E-state index in [-0.39, 0.29) is 35.9 Å². The monoisotopic (exact) mass is 508 g/mol. The molecule has 0 spiro atoms. The number of halogens is 2. The quantitative estimate of drug-likeness (QED) is 0.322. The molecule has 2 unspecified atom stereocenters. The van der Waals surface area contributed by atoms with Crippen molar-refractivity contribution in [3.05, 3.63) is 30.1 Å². The van der Waals surface area contributed by atoms with Crippen LogP contribution in [0.2, 0.25) is 0 Å². The van der Waals surface area contributed by atoms with Gasteiger partial charge in [0.05, 0.1) is 19.8 Å². The Morgan fingerprint density at radius 3 is 2.50 bits per heavy atom. The maximum Gasteiger partial charge on any atom is 0.191 e. The minimum atomic E-state index is -0.298. The number of nitrogens with one attached hydrogen (secondary N) is 2. The Labute approximate surface area is 185 Å². The summed E-state index contributed by atoms with van der Waals surface area (Å²) in [6.45, 7) is 11.3. The number of ether oxygens (including phenoxy) is 2. The topological polar surface area (TPSA) is 58.1 Å². The molecule has 0 bridgehead atoms. The second-order valence-electron chi connectivity index (χ2n) is 7.18. The smallest absolute Gasteiger partial charge is 0.191 e. The fourth-order valence-corrected chi connectivity index (χ4v) is 3.17. The van der Waals surface area contributed by atoms with Crippen LogP contribution in [0.1, 0.15) is 20.8 Å². The van der Waals surface area contributed by atoms with E-state index in [1.807, 2.05) is 6.92 Å². The van der Waals surface area contributed by atoms with Crippen molar-refractivity contribution >= 4 is 29.9 Å². The molecular weight excluding hydrogens is 474 g/mol. The molecule has 1 fully saturated rings. The molecule has 1 saturated heterocycles. The van der Waals surface area contributed by atoms with Crippen molar-refractivity contribution in [3.8, 4) is 5.75 Å². The summed E-state index contributed by atoms with van der Waals surface area (Å²) in [6, 6.07) is 6.61. The van der Waals surface area contributed by atoms with E-state index < -0.39 is 0 Å². The third-order valence-corrected chi connectivity index (χ3v) is 4.68. The largest absolute Gasteiger partial charge is 0.489 e. The van der Waals surface area contributed by atoms with Crippen molar-refractivity contribution < 1.29 is 13.9 Å². The maximum absolute atomic E-state index is 13.2. The molecule has 0 amide bonds. The van der Waals surface area contributed by atoms with E-state index in [9.17, 15) is 4.39 Å². The molecule has 1 aromatic carbocycles. The minimum absolute atomic E-state index is 0. The standard InChI is InChI=1S/C20H33FN4O2.HI/c1-15(2)19(25-8-10-26-11-9-25)14-24-20(22-4)23-13-16(3)27-18-7-5-6-17(21)12-18;/h5-7,12,15-16,19H,8-11,13-14H2,1-4H3,(H2,22,23,24);1H. The average molecular weight is 508 g/mol. The molecule has 8 heteroatoms. The van der Waals surface area contributed by atoms with Gasteiger partial charge in [-0.05, 0) is 25.0 Å². The molecule has 2 rings (SSSR count). The lowest BCUT2D eigenvalue weighted by Crippen LogP contribution is -2.53. The van der Waals surface area contributed by atoms with Gasteiger partial charge in [0, 0.05) is 38.8 Å². The summed E-state index contributed by atoms with van der Waals surface area (Å²) < 4.78 is 24.4. The first-order valence-electron chi connectivity index (χ1n) is 9.68. The van der Waals surface area contributed by atoms with Crippen LogP contribution in [-0.2, 0) is 4.74 Å². The summed E-state index contributed by atoms with van der Waals surface area (Å²) >= 11 is 0. The Hall–Kier alpha value is -1.13. The van der Waals surface area contributed by atoms with Gasteiger partial charge in [-0.3, -0.25) is 9.89 Å². The Bertz CT molecular complexity index is 597. The number of guanidine groups is 1. The van der Waals surface area contributed by atoms with E-state index in [0.29, 0.717) is 24.3 Å². The Morgan fingerprint density at radius 2 is 1.89 bits per heavy atom. The van der Waals surface area contributed by atoms with Crippen LogP contribution in [0.15, 0.2) is 29.3 Å². The predicted molar refractivity (Wildman–Crippen MR) is 122 cm³/mol. The Balaban J connectivity index is 0.00000392. The molecule has 1 heterocycles. The van der Waals surface area contributed by atoms with Crippen LogP contribution in [-0.4, -0.2) is 69.4 Å². The summed E-state index contributed by atoms with van der Waals surface area (Å²) in [7, 11) is 1.76. The number of rotatable bonds is 8. The zero-order valence-electron chi connectivity index (χ0n) is 17.3. The van der Waals surface area contributed by atoms with Gasteiger partial charge in [0.2, 0.25) is 0 Å². The van der Waals surface area contributed by atoms with E-state index in [1.165, 1.54) is 12.1 Å². The van der Waals surface area contributed by atoms with Crippen LogP contribution >= 0.6 is 24.0 Å². The molecule has 0 aliphatic carbocycles. The van der Waals surface area contributed by atoms with Gasteiger partial charge in [-0.25, -0.2) is 4.39 Å². The Kier molecular flexibility index (Phi) is 11.7. The summed E-state index contributed by atoms with van der Waals surface area (Å²) in [5, 5.41) is 6.70. The minimum Gasteiger partial charge on any atom is -0.489 e. The normalized spacial score (nSPS) is 17.6. The van der Waals surface area contributed by atoms with Crippen molar-refractivity contribution in [2.24, 2.45) is 10.9 Å². The van der Waals surface area contributed by atoms with Crippen molar-refractivity contribution in [1.82, 2.24) is 15.5 Å². The van der Waals surface area contributed by atoms with Crippen LogP contribution in [0.5, 0.6) is 5.75 Å². The van der Waals surface area contributed by atoms with Gasteiger partial charge in [0.1, 0.15) is 17.7 Å². The highest BCUT2D eigenvalue weighted by Crippen LogP contribution is 2.14. The lowest BCUT2D eigenvalue weighted by molar-refractivity contribution is 0.00751. The van der Waals surface area contributed by atoms with E-state index in [1.54, 1.807) is 19.2 Å². The van der Waals surface area contributed by atoms with Crippen LogP contribution in [0.3, 0.4) is 0 Å². The summed E-state index contributed by atoms with van der Waals surface area (Å²) in [6.07, 6.45) is -0.120. The number of hydrogen-bond donors (Lipinski definition) is 2. The van der Waals surface area contributed by atoms with E-state index in [2.05, 4.69) is 34.4 Å². The number of nitrogens with zero attached hydrogens (tertiary/aromatic N) is 2. The predicted octanol–water partition coefficient (Wildman–Crippen LogP) is 2.73. The zero-order valence-corrected chi connectivity index (χ0v) is 19.6. The summed E-state index contributed by atoms with van der Waals surface area (Å²) in [5.41, 5.74) is 0. The molecule has 1 aliphatic rings. The highest BCUT2D eigenvalue weighted by Gasteiger charge is 2.23. The van der Waals surface area contributed by atoms with Gasteiger partial charge in [-0.2, -0.15) is 0 Å². The average Bonchev–Trinajstić information content (AvgIpc) is 2.65. The van der Waals surface area contributed by atoms with Crippen molar-refractivity contribution in [3.63, 3.8) is 0 Å². The number of benzene rings is 1. The first-order chi connectivity index (χ1) is 13.0. The van der Waals surface area contributed by atoms with Gasteiger partial charge in [-0.15, -0.1) is 24.0 Å². The molecular formula is C20H34FIN4O2. The van der Waals surface area contributed by atoms with Crippen LogP contribution in [0, 0.1) is 11.7 Å². The fraction of sp³-hybridized carbons (Fsp3) is 0.650. The van der Waals surface area contributed by atoms with Crippen LogP contribution in [0.25, 0.3) is 0 Å². The fourth-order valence-electron chi connectivity index (χ4n) is 3.17. The number of hydrogen-bond acceptors (Lipinski definition) is 4. The second-order valence-corrected chi connectivity index (χ2v) is 7.18. The van der Waals surface area contributed by atoms with E-state index in [4.69, 9.17) is 9.47 Å². The number of aliphatic imine (C=N–C) groups is 1. The molecule has 1 aromatic rings.